The molecule has 0 unspecified atom stereocenters. The summed E-state index contributed by atoms with van der Waals surface area (Å²) in [5, 5.41) is 11.2. The molecule has 26 heavy (non-hydrogen) atoms. The number of nitrogens with zero attached hydrogens (tertiary/aromatic N) is 2. The molecule has 7 heteroatoms. The van der Waals surface area contributed by atoms with Crippen LogP contribution < -0.4 is 14.8 Å². The minimum absolute atomic E-state index is 0.0385. The molecule has 0 atom stereocenters. The fourth-order valence-electron chi connectivity index (χ4n) is 2.63. The van der Waals surface area contributed by atoms with E-state index < -0.39 is 0 Å². The lowest BCUT2D eigenvalue weighted by Gasteiger charge is -2.09. The van der Waals surface area contributed by atoms with Gasteiger partial charge in [0.2, 0.25) is 5.91 Å². The number of hydrogen-bond donors (Lipinski definition) is 1. The Bertz CT molecular complexity index is 878. The zero-order chi connectivity index (χ0) is 17.8. The zero-order valence-electron chi connectivity index (χ0n) is 14.0. The Kier molecular flexibility index (Phi) is 4.88. The monoisotopic (exact) mass is 367 g/mol. The van der Waals surface area contributed by atoms with Gasteiger partial charge >= 0.3 is 0 Å². The van der Waals surface area contributed by atoms with Crippen molar-refractivity contribution in [2.45, 2.75) is 6.42 Å². The first-order valence-electron chi connectivity index (χ1n) is 8.32. The van der Waals surface area contributed by atoms with Crippen molar-refractivity contribution in [2.75, 3.05) is 19.0 Å². The third kappa shape index (κ3) is 3.88. The SMILES string of the molecule is O=C1CSC(=NN=Cc2ccc(-c3ccc4c(c3)OCCCO4)cc2)N1. The normalized spacial score (nSPS) is 18.2. The number of thioether (sulfide) groups is 1. The van der Waals surface area contributed by atoms with Crippen LogP contribution in [0.15, 0.2) is 52.7 Å². The van der Waals surface area contributed by atoms with Gasteiger partial charge < -0.3 is 14.8 Å². The molecule has 6 nitrogen and oxygen atoms in total. The Balaban J connectivity index is 1.47. The molecule has 2 aromatic rings. The van der Waals surface area contributed by atoms with Crippen LogP contribution in [-0.2, 0) is 4.79 Å². The summed E-state index contributed by atoms with van der Waals surface area (Å²) in [7, 11) is 0. The van der Waals surface area contributed by atoms with Crippen LogP contribution in [0.3, 0.4) is 0 Å². The van der Waals surface area contributed by atoms with Crippen LogP contribution >= 0.6 is 11.8 Å². The molecular weight excluding hydrogens is 350 g/mol. The molecule has 1 amide bonds. The third-order valence-electron chi connectivity index (χ3n) is 3.93. The van der Waals surface area contributed by atoms with Crippen LogP contribution in [-0.4, -0.2) is 36.3 Å². The lowest BCUT2D eigenvalue weighted by atomic mass is 10.0. The van der Waals surface area contributed by atoms with E-state index in [0.717, 1.165) is 34.6 Å². The summed E-state index contributed by atoms with van der Waals surface area (Å²) < 4.78 is 11.4. The molecule has 0 bridgehead atoms. The smallest absolute Gasteiger partial charge is 0.236 e. The molecule has 0 radical (unpaired) electrons. The highest BCUT2D eigenvalue weighted by Gasteiger charge is 2.16. The maximum atomic E-state index is 11.1. The molecular formula is C19H17N3O3S. The van der Waals surface area contributed by atoms with Gasteiger partial charge in [-0.2, -0.15) is 5.10 Å². The van der Waals surface area contributed by atoms with Crippen molar-refractivity contribution in [1.82, 2.24) is 5.32 Å². The molecule has 0 saturated carbocycles. The molecule has 2 aromatic carbocycles. The number of ether oxygens (including phenoxy) is 2. The van der Waals surface area contributed by atoms with E-state index in [4.69, 9.17) is 9.47 Å². The molecule has 2 aliphatic rings. The molecule has 132 valence electrons. The van der Waals surface area contributed by atoms with Crippen LogP contribution in [0.1, 0.15) is 12.0 Å². The number of rotatable bonds is 3. The molecule has 4 rings (SSSR count). The summed E-state index contributed by atoms with van der Waals surface area (Å²) in [5.74, 6) is 1.95. The minimum Gasteiger partial charge on any atom is -0.490 e. The topological polar surface area (TPSA) is 72.3 Å². The van der Waals surface area contributed by atoms with Gasteiger partial charge in [-0.25, -0.2) is 0 Å². The van der Waals surface area contributed by atoms with Gasteiger partial charge in [-0.3, -0.25) is 4.79 Å². The van der Waals surface area contributed by atoms with Gasteiger partial charge in [0.05, 0.1) is 25.2 Å². The van der Waals surface area contributed by atoms with Crippen LogP contribution in [0.4, 0.5) is 0 Å². The van der Waals surface area contributed by atoms with E-state index in [1.807, 2.05) is 42.5 Å². The number of hydrogen-bond acceptors (Lipinski definition) is 6. The first-order chi connectivity index (χ1) is 12.8. The van der Waals surface area contributed by atoms with E-state index >= 15 is 0 Å². The average molecular weight is 367 g/mol. The van der Waals surface area contributed by atoms with Crippen molar-refractivity contribution in [3.63, 3.8) is 0 Å². The van der Waals surface area contributed by atoms with Crippen LogP contribution in [0.2, 0.25) is 0 Å². The van der Waals surface area contributed by atoms with Crippen molar-refractivity contribution >= 4 is 29.1 Å². The largest absolute Gasteiger partial charge is 0.490 e. The standard InChI is InChI=1S/C19H17N3O3S/c23-18-12-26-19(21-18)22-20-11-13-2-4-14(5-3-13)15-6-7-16-17(10-15)25-9-1-8-24-16/h2-7,10-11H,1,8-9,12H2,(H,21,22,23). The summed E-state index contributed by atoms with van der Waals surface area (Å²) in [6.07, 6.45) is 2.56. The molecule has 0 aromatic heterocycles. The van der Waals surface area contributed by atoms with E-state index in [2.05, 4.69) is 15.5 Å². The molecule has 1 saturated heterocycles. The van der Waals surface area contributed by atoms with Crippen molar-refractivity contribution in [3.8, 4) is 22.6 Å². The van der Waals surface area contributed by atoms with E-state index in [-0.39, 0.29) is 5.91 Å². The van der Waals surface area contributed by atoms with Crippen LogP contribution in [0.25, 0.3) is 11.1 Å². The maximum Gasteiger partial charge on any atom is 0.236 e. The Labute approximate surface area is 155 Å². The minimum atomic E-state index is -0.0385. The van der Waals surface area contributed by atoms with E-state index in [1.54, 1.807) is 6.21 Å². The Hall–Kier alpha value is -2.80. The van der Waals surface area contributed by atoms with Crippen molar-refractivity contribution < 1.29 is 14.3 Å². The highest BCUT2D eigenvalue weighted by molar-refractivity contribution is 8.15. The number of carbonyl (C=O) groups excluding carboxylic acids is 1. The summed E-state index contributed by atoms with van der Waals surface area (Å²) in [4.78, 5) is 11.1. The number of amides is 1. The molecule has 2 heterocycles. The average Bonchev–Trinajstić information content (AvgIpc) is 2.94. The summed E-state index contributed by atoms with van der Waals surface area (Å²) in [6.45, 7) is 1.36. The summed E-state index contributed by atoms with van der Waals surface area (Å²) in [5.41, 5.74) is 3.09. The van der Waals surface area contributed by atoms with Crippen molar-refractivity contribution in [3.05, 3.63) is 48.0 Å². The van der Waals surface area contributed by atoms with Gasteiger partial charge in [0, 0.05) is 6.42 Å². The second-order valence-corrected chi connectivity index (χ2v) is 6.78. The molecule has 0 spiro atoms. The van der Waals surface area contributed by atoms with Crippen LogP contribution in [0.5, 0.6) is 11.5 Å². The number of fused-ring (bicyclic) bond motifs is 1. The van der Waals surface area contributed by atoms with Gasteiger partial charge in [0.15, 0.2) is 16.7 Å². The summed E-state index contributed by atoms with van der Waals surface area (Å²) in [6, 6.07) is 14.0. The highest BCUT2D eigenvalue weighted by atomic mass is 32.2. The molecule has 2 aliphatic heterocycles. The second kappa shape index (κ2) is 7.61. The fourth-order valence-corrected chi connectivity index (χ4v) is 3.26. The zero-order valence-corrected chi connectivity index (χ0v) is 14.8. The van der Waals surface area contributed by atoms with Crippen LogP contribution in [0, 0.1) is 0 Å². The number of carbonyl (C=O) groups is 1. The Morgan fingerprint density at radius 1 is 1.00 bits per heavy atom. The number of nitrogens with one attached hydrogen (secondary N) is 1. The Morgan fingerprint density at radius 3 is 2.54 bits per heavy atom. The summed E-state index contributed by atoms with van der Waals surface area (Å²) >= 11 is 1.35. The van der Waals surface area contributed by atoms with Crippen molar-refractivity contribution in [1.29, 1.82) is 0 Å². The first-order valence-corrected chi connectivity index (χ1v) is 9.30. The predicted octanol–water partition coefficient (Wildman–Crippen LogP) is 3.07. The van der Waals surface area contributed by atoms with Gasteiger partial charge in [0.25, 0.3) is 0 Å². The first kappa shape index (κ1) is 16.7. The predicted molar refractivity (Wildman–Crippen MR) is 103 cm³/mol. The molecule has 0 aliphatic carbocycles. The van der Waals surface area contributed by atoms with Gasteiger partial charge in [-0.15, -0.1) is 5.10 Å². The highest BCUT2D eigenvalue weighted by Crippen LogP contribution is 2.34. The van der Waals surface area contributed by atoms with E-state index in [0.29, 0.717) is 24.1 Å². The molecule has 1 fully saturated rings. The Morgan fingerprint density at radius 2 is 1.77 bits per heavy atom. The van der Waals surface area contributed by atoms with Gasteiger partial charge in [-0.05, 0) is 28.8 Å². The lowest BCUT2D eigenvalue weighted by molar-refractivity contribution is -0.116. The number of amidine groups is 1. The van der Waals surface area contributed by atoms with Gasteiger partial charge in [-0.1, -0.05) is 42.1 Å². The van der Waals surface area contributed by atoms with E-state index in [9.17, 15) is 4.79 Å². The second-order valence-electron chi connectivity index (χ2n) is 5.82. The quantitative estimate of drug-likeness (QED) is 0.668. The molecule has 1 N–H and O–H groups in total. The van der Waals surface area contributed by atoms with Gasteiger partial charge in [0.1, 0.15) is 0 Å². The number of benzene rings is 2. The maximum absolute atomic E-state index is 11.1. The van der Waals surface area contributed by atoms with E-state index in [1.165, 1.54) is 11.8 Å². The lowest BCUT2D eigenvalue weighted by Crippen LogP contribution is -2.19. The fraction of sp³-hybridized carbons (Fsp3) is 0.211. The van der Waals surface area contributed by atoms with Crippen molar-refractivity contribution in [2.24, 2.45) is 10.2 Å². The third-order valence-corrected chi connectivity index (χ3v) is 4.80.